The Morgan fingerprint density at radius 2 is 2.05 bits per heavy atom. The average molecular weight is 268 g/mol. The third-order valence-electron chi connectivity index (χ3n) is 3.92. The number of hydrogen-bond donors (Lipinski definition) is 2. The van der Waals surface area contributed by atoms with Crippen LogP contribution in [0.25, 0.3) is 0 Å². The van der Waals surface area contributed by atoms with Crippen molar-refractivity contribution in [3.8, 4) is 0 Å². The molecule has 0 bridgehead atoms. The highest BCUT2D eigenvalue weighted by molar-refractivity contribution is 6.08. The highest BCUT2D eigenvalue weighted by Gasteiger charge is 2.56. The number of carbonyl (C=O) groups excluding carboxylic acids is 2. The number of carbonyl (C=O) groups is 3. The summed E-state index contributed by atoms with van der Waals surface area (Å²) < 4.78 is 0. The van der Waals surface area contributed by atoms with Crippen LogP contribution in [0.1, 0.15) is 40.0 Å². The second kappa shape index (κ2) is 4.21. The van der Waals surface area contributed by atoms with Gasteiger partial charge in [-0.1, -0.05) is 20.8 Å². The zero-order chi connectivity index (χ0) is 14.4. The molecule has 2 N–H and O–H groups in total. The molecule has 2 rings (SSSR count). The highest BCUT2D eigenvalue weighted by Crippen LogP contribution is 2.46. The molecule has 106 valence electrons. The lowest BCUT2D eigenvalue weighted by Gasteiger charge is -2.43. The minimum atomic E-state index is -1.18. The Morgan fingerprint density at radius 1 is 1.42 bits per heavy atom. The van der Waals surface area contributed by atoms with E-state index in [2.05, 4.69) is 26.1 Å². The molecule has 19 heavy (non-hydrogen) atoms. The number of urea groups is 1. The van der Waals surface area contributed by atoms with Crippen LogP contribution >= 0.6 is 0 Å². The van der Waals surface area contributed by atoms with Crippen LogP contribution in [0.15, 0.2) is 0 Å². The fraction of sp³-hybridized carbons (Fsp3) is 0.769. The van der Waals surface area contributed by atoms with Crippen LogP contribution in [0.3, 0.4) is 0 Å². The van der Waals surface area contributed by atoms with Crippen LogP contribution in [-0.4, -0.2) is 40.0 Å². The summed E-state index contributed by atoms with van der Waals surface area (Å²) >= 11 is 0. The van der Waals surface area contributed by atoms with Crippen LogP contribution in [0.4, 0.5) is 4.79 Å². The van der Waals surface area contributed by atoms with Gasteiger partial charge in [-0.2, -0.15) is 0 Å². The molecule has 0 radical (unpaired) electrons. The third-order valence-corrected chi connectivity index (χ3v) is 3.92. The first-order chi connectivity index (χ1) is 8.65. The molecule has 1 aliphatic carbocycles. The number of imide groups is 1. The Labute approximate surface area is 112 Å². The Kier molecular flexibility index (Phi) is 3.07. The van der Waals surface area contributed by atoms with E-state index in [1.54, 1.807) is 0 Å². The summed E-state index contributed by atoms with van der Waals surface area (Å²) in [6.45, 7) is 5.64. The van der Waals surface area contributed by atoms with Crippen molar-refractivity contribution in [2.24, 2.45) is 11.3 Å². The minimum Gasteiger partial charge on any atom is -0.480 e. The predicted molar refractivity (Wildman–Crippen MR) is 67.4 cm³/mol. The quantitative estimate of drug-likeness (QED) is 0.737. The van der Waals surface area contributed by atoms with Gasteiger partial charge >= 0.3 is 12.0 Å². The molecular weight excluding hydrogens is 248 g/mol. The predicted octanol–water partition coefficient (Wildman–Crippen LogP) is 1.21. The van der Waals surface area contributed by atoms with Gasteiger partial charge in [0.25, 0.3) is 5.91 Å². The fourth-order valence-corrected chi connectivity index (χ4v) is 3.78. The number of aliphatic carboxylic acids is 1. The van der Waals surface area contributed by atoms with Crippen molar-refractivity contribution >= 4 is 17.9 Å². The van der Waals surface area contributed by atoms with Crippen LogP contribution in [0, 0.1) is 11.3 Å². The third kappa shape index (κ3) is 2.43. The Morgan fingerprint density at radius 3 is 2.58 bits per heavy atom. The van der Waals surface area contributed by atoms with E-state index >= 15 is 0 Å². The van der Waals surface area contributed by atoms with E-state index in [4.69, 9.17) is 5.11 Å². The highest BCUT2D eigenvalue weighted by atomic mass is 16.4. The second-order valence-corrected chi connectivity index (χ2v) is 6.65. The van der Waals surface area contributed by atoms with Crippen molar-refractivity contribution in [2.45, 2.75) is 45.6 Å². The summed E-state index contributed by atoms with van der Waals surface area (Å²) in [5.74, 6) is -1.25. The van der Waals surface area contributed by atoms with Gasteiger partial charge in [-0.3, -0.25) is 14.5 Å². The Bertz CT molecular complexity index is 446. The largest absolute Gasteiger partial charge is 0.480 e. The van der Waals surface area contributed by atoms with Crippen LogP contribution in [-0.2, 0) is 9.59 Å². The van der Waals surface area contributed by atoms with Crippen LogP contribution in [0.2, 0.25) is 0 Å². The SMILES string of the molecule is C[C@H]1CC(C)(C)C[C@@]2(C1)NC(=O)N(CC(=O)O)C2=O. The van der Waals surface area contributed by atoms with Gasteiger partial charge in [-0.25, -0.2) is 4.79 Å². The van der Waals surface area contributed by atoms with Crippen molar-refractivity contribution in [2.75, 3.05) is 6.54 Å². The summed E-state index contributed by atoms with van der Waals surface area (Å²) in [5.41, 5.74) is -0.951. The first-order valence-electron chi connectivity index (χ1n) is 6.51. The second-order valence-electron chi connectivity index (χ2n) is 6.65. The first-order valence-corrected chi connectivity index (χ1v) is 6.51. The molecule has 1 heterocycles. The molecule has 0 unspecified atom stereocenters. The fourth-order valence-electron chi connectivity index (χ4n) is 3.78. The number of carboxylic acids is 1. The van der Waals surface area contributed by atoms with E-state index in [0.29, 0.717) is 18.8 Å². The number of nitrogens with zero attached hydrogens (tertiary/aromatic N) is 1. The number of nitrogens with one attached hydrogen (secondary N) is 1. The lowest BCUT2D eigenvalue weighted by molar-refractivity contribution is -0.144. The monoisotopic (exact) mass is 268 g/mol. The lowest BCUT2D eigenvalue weighted by Crippen LogP contribution is -2.54. The van der Waals surface area contributed by atoms with Gasteiger partial charge < -0.3 is 10.4 Å². The summed E-state index contributed by atoms with van der Waals surface area (Å²) in [5, 5.41) is 11.5. The standard InChI is InChI=1S/C13H20N2O4/c1-8-4-12(2,3)7-13(5-8)10(18)15(6-9(16)17)11(19)14-13/h8H,4-7H2,1-3H3,(H,14,19)(H,16,17)/t8-,13+/m0/s1. The average Bonchev–Trinajstić information content (AvgIpc) is 2.38. The minimum absolute atomic E-state index is 0.0418. The molecule has 2 aliphatic rings. The molecule has 6 nitrogen and oxygen atoms in total. The van der Waals surface area contributed by atoms with Gasteiger partial charge in [0.1, 0.15) is 12.1 Å². The summed E-state index contributed by atoms with van der Waals surface area (Å²) in [6, 6.07) is -0.586. The summed E-state index contributed by atoms with van der Waals surface area (Å²) in [6.07, 6.45) is 2.14. The van der Waals surface area contributed by atoms with E-state index in [-0.39, 0.29) is 11.3 Å². The van der Waals surface area contributed by atoms with Crippen LogP contribution in [0.5, 0.6) is 0 Å². The van der Waals surface area contributed by atoms with E-state index in [0.717, 1.165) is 11.3 Å². The maximum absolute atomic E-state index is 12.4. The van der Waals surface area contributed by atoms with Gasteiger partial charge in [0.05, 0.1) is 0 Å². The molecular formula is C13H20N2O4. The molecule has 3 amide bonds. The van der Waals surface area contributed by atoms with Crippen LogP contribution < -0.4 is 5.32 Å². The number of rotatable bonds is 2. The number of amides is 3. The molecule has 0 aromatic heterocycles. The van der Waals surface area contributed by atoms with Gasteiger partial charge in [-0.05, 0) is 30.6 Å². The Balaban J connectivity index is 2.28. The molecule has 1 aliphatic heterocycles. The normalized spacial score (nSPS) is 33.6. The molecule has 0 aromatic rings. The summed E-state index contributed by atoms with van der Waals surface area (Å²) in [7, 11) is 0. The number of hydrogen-bond acceptors (Lipinski definition) is 3. The van der Waals surface area contributed by atoms with Crippen molar-refractivity contribution in [1.82, 2.24) is 10.2 Å². The maximum Gasteiger partial charge on any atom is 0.325 e. The topological polar surface area (TPSA) is 86.7 Å². The Hall–Kier alpha value is -1.59. The summed E-state index contributed by atoms with van der Waals surface area (Å²) in [4.78, 5) is 35.8. The molecule has 2 fully saturated rings. The van der Waals surface area contributed by atoms with Gasteiger partial charge in [0.15, 0.2) is 0 Å². The molecule has 1 saturated carbocycles. The maximum atomic E-state index is 12.4. The van der Waals surface area contributed by atoms with Crippen molar-refractivity contribution in [3.05, 3.63) is 0 Å². The zero-order valence-electron chi connectivity index (χ0n) is 11.5. The molecule has 1 saturated heterocycles. The number of carboxylic acid groups (broad SMARTS) is 1. The lowest BCUT2D eigenvalue weighted by atomic mass is 9.64. The molecule has 6 heteroatoms. The van der Waals surface area contributed by atoms with E-state index in [1.165, 1.54) is 0 Å². The van der Waals surface area contributed by atoms with E-state index in [9.17, 15) is 14.4 Å². The van der Waals surface area contributed by atoms with Crippen molar-refractivity contribution in [1.29, 1.82) is 0 Å². The molecule has 1 spiro atoms. The molecule has 2 atom stereocenters. The molecule has 0 aromatic carbocycles. The van der Waals surface area contributed by atoms with Crippen molar-refractivity contribution in [3.63, 3.8) is 0 Å². The first kappa shape index (κ1) is 13.8. The van der Waals surface area contributed by atoms with E-state index in [1.807, 2.05) is 0 Å². The van der Waals surface area contributed by atoms with Gasteiger partial charge in [-0.15, -0.1) is 0 Å². The van der Waals surface area contributed by atoms with Crippen molar-refractivity contribution < 1.29 is 19.5 Å². The van der Waals surface area contributed by atoms with Gasteiger partial charge in [0, 0.05) is 0 Å². The smallest absolute Gasteiger partial charge is 0.325 e. The van der Waals surface area contributed by atoms with Gasteiger partial charge in [0.2, 0.25) is 0 Å². The zero-order valence-corrected chi connectivity index (χ0v) is 11.5. The van der Waals surface area contributed by atoms with E-state index < -0.39 is 24.1 Å².